The van der Waals surface area contributed by atoms with Gasteiger partial charge in [-0.15, -0.1) is 0 Å². The Bertz CT molecular complexity index is 199. The molecule has 0 saturated heterocycles. The Hall–Kier alpha value is -1.37. The molecule has 0 amide bonds. The van der Waals surface area contributed by atoms with Crippen molar-refractivity contribution in [1.82, 2.24) is 0 Å². The summed E-state index contributed by atoms with van der Waals surface area (Å²) in [7, 11) is 0. The monoisotopic (exact) mass is 161 g/mol. The first-order valence-electron chi connectivity index (χ1n) is 3.96. The van der Waals surface area contributed by atoms with Crippen LogP contribution in [0.2, 0.25) is 0 Å². The van der Waals surface area contributed by atoms with Crippen LogP contribution in [0.3, 0.4) is 0 Å². The number of allylic oxidation sites excluding steroid dienone is 6. The Morgan fingerprint density at radius 3 is 2.67 bits per heavy atom. The topological polar surface area (TPSA) is 12.4 Å². The molecule has 64 valence electrons. The summed E-state index contributed by atoms with van der Waals surface area (Å²) < 4.78 is 0. The third kappa shape index (κ3) is 5.42. The fourth-order valence-electron chi connectivity index (χ4n) is 0.745. The Kier molecular flexibility index (Phi) is 6.85. The number of aliphatic imine (C=N–C) groups is 1. The van der Waals surface area contributed by atoms with Crippen molar-refractivity contribution in [3.8, 4) is 0 Å². The maximum atomic E-state index is 3.63. The van der Waals surface area contributed by atoms with Crippen molar-refractivity contribution in [3.63, 3.8) is 0 Å². The largest absolute Gasteiger partial charge is 0.272 e. The average molecular weight is 161 g/mol. The zero-order valence-electron chi connectivity index (χ0n) is 7.53. The van der Waals surface area contributed by atoms with E-state index in [1.807, 2.05) is 18.2 Å². The lowest BCUT2D eigenvalue weighted by molar-refractivity contribution is 1.21. The van der Waals surface area contributed by atoms with E-state index in [2.05, 4.69) is 31.3 Å². The van der Waals surface area contributed by atoms with Crippen LogP contribution in [-0.4, -0.2) is 6.72 Å². The van der Waals surface area contributed by atoms with Gasteiger partial charge in [-0.3, -0.25) is 4.99 Å². The normalized spacial score (nSPS) is 12.6. The Morgan fingerprint density at radius 2 is 2.17 bits per heavy atom. The molecule has 0 aromatic carbocycles. The van der Waals surface area contributed by atoms with Crippen molar-refractivity contribution >= 4 is 6.72 Å². The average Bonchev–Trinajstić information content (AvgIpc) is 2.10. The van der Waals surface area contributed by atoms with Gasteiger partial charge in [-0.05, 0) is 24.8 Å². The van der Waals surface area contributed by atoms with Gasteiger partial charge in [-0.2, -0.15) is 0 Å². The van der Waals surface area contributed by atoms with Gasteiger partial charge >= 0.3 is 0 Å². The fraction of sp³-hybridized carbons (Fsp3) is 0.182. The quantitative estimate of drug-likeness (QED) is 0.433. The standard InChI is InChI=1S/C11H15N/c1-4-6-8-11(7-5-2)9-10-12-3/h4,6-10H,1,3,5H2,2H3/b8-6-,10-9-,11-7-. The van der Waals surface area contributed by atoms with Gasteiger partial charge < -0.3 is 0 Å². The lowest BCUT2D eigenvalue weighted by Gasteiger charge is -1.90. The Balaban J connectivity index is 4.32. The van der Waals surface area contributed by atoms with E-state index < -0.39 is 0 Å². The minimum absolute atomic E-state index is 1.01. The van der Waals surface area contributed by atoms with Gasteiger partial charge in [0.15, 0.2) is 0 Å². The Morgan fingerprint density at radius 1 is 1.42 bits per heavy atom. The summed E-state index contributed by atoms with van der Waals surface area (Å²) in [4.78, 5) is 3.63. The van der Waals surface area contributed by atoms with E-state index in [0.29, 0.717) is 0 Å². The van der Waals surface area contributed by atoms with Crippen molar-refractivity contribution in [3.05, 3.63) is 48.7 Å². The molecule has 1 heteroatoms. The molecule has 0 N–H and O–H groups in total. The molecule has 0 bridgehead atoms. The fourth-order valence-corrected chi connectivity index (χ4v) is 0.745. The second kappa shape index (κ2) is 7.73. The molecular weight excluding hydrogens is 146 g/mol. The van der Waals surface area contributed by atoms with E-state index in [1.54, 1.807) is 12.3 Å². The minimum atomic E-state index is 1.01. The smallest absolute Gasteiger partial charge is 0.0266 e. The van der Waals surface area contributed by atoms with Gasteiger partial charge in [0.1, 0.15) is 0 Å². The van der Waals surface area contributed by atoms with Crippen LogP contribution in [0, 0.1) is 0 Å². The van der Waals surface area contributed by atoms with Gasteiger partial charge in [-0.1, -0.05) is 37.8 Å². The lowest BCUT2D eigenvalue weighted by atomic mass is 10.2. The van der Waals surface area contributed by atoms with Crippen molar-refractivity contribution in [1.29, 1.82) is 0 Å². The van der Waals surface area contributed by atoms with Gasteiger partial charge in [0.25, 0.3) is 0 Å². The van der Waals surface area contributed by atoms with Gasteiger partial charge in [0.2, 0.25) is 0 Å². The number of hydrogen-bond acceptors (Lipinski definition) is 1. The van der Waals surface area contributed by atoms with Crippen molar-refractivity contribution in [2.45, 2.75) is 13.3 Å². The van der Waals surface area contributed by atoms with Crippen LogP contribution < -0.4 is 0 Å². The second-order valence-corrected chi connectivity index (χ2v) is 2.21. The lowest BCUT2D eigenvalue weighted by Crippen LogP contribution is -1.70. The maximum absolute atomic E-state index is 3.63. The van der Waals surface area contributed by atoms with E-state index in [1.165, 1.54) is 0 Å². The summed E-state index contributed by atoms with van der Waals surface area (Å²) in [5.74, 6) is 0. The highest BCUT2D eigenvalue weighted by molar-refractivity contribution is 5.33. The highest BCUT2D eigenvalue weighted by atomic mass is 14.6. The van der Waals surface area contributed by atoms with Crippen LogP contribution in [0.15, 0.2) is 53.7 Å². The molecule has 0 rings (SSSR count). The Labute approximate surface area is 74.5 Å². The summed E-state index contributed by atoms with van der Waals surface area (Å²) >= 11 is 0. The molecule has 0 aliphatic rings. The highest BCUT2D eigenvalue weighted by Crippen LogP contribution is 2.01. The summed E-state index contributed by atoms with van der Waals surface area (Å²) in [6.07, 6.45) is 12.3. The van der Waals surface area contributed by atoms with E-state index in [0.717, 1.165) is 12.0 Å². The van der Waals surface area contributed by atoms with Gasteiger partial charge in [0, 0.05) is 6.20 Å². The molecule has 0 atom stereocenters. The molecule has 0 aliphatic carbocycles. The minimum Gasteiger partial charge on any atom is -0.272 e. The van der Waals surface area contributed by atoms with Crippen LogP contribution in [-0.2, 0) is 0 Å². The molecule has 12 heavy (non-hydrogen) atoms. The molecular formula is C11H15N. The first kappa shape index (κ1) is 10.6. The van der Waals surface area contributed by atoms with E-state index >= 15 is 0 Å². The summed E-state index contributed by atoms with van der Waals surface area (Å²) in [5.41, 5.74) is 1.13. The van der Waals surface area contributed by atoms with Crippen molar-refractivity contribution in [2.75, 3.05) is 0 Å². The third-order valence-corrected chi connectivity index (χ3v) is 1.24. The highest BCUT2D eigenvalue weighted by Gasteiger charge is 1.81. The molecule has 0 fully saturated rings. The van der Waals surface area contributed by atoms with Crippen molar-refractivity contribution in [2.24, 2.45) is 4.99 Å². The van der Waals surface area contributed by atoms with Crippen LogP contribution in [0.5, 0.6) is 0 Å². The number of hydrogen-bond donors (Lipinski definition) is 0. The molecule has 0 heterocycles. The van der Waals surface area contributed by atoms with Gasteiger partial charge in [0.05, 0.1) is 0 Å². The molecule has 0 aromatic heterocycles. The third-order valence-electron chi connectivity index (χ3n) is 1.24. The van der Waals surface area contributed by atoms with Crippen LogP contribution in [0.1, 0.15) is 13.3 Å². The molecule has 0 unspecified atom stereocenters. The second-order valence-electron chi connectivity index (χ2n) is 2.21. The molecule has 0 radical (unpaired) electrons. The van der Waals surface area contributed by atoms with E-state index in [-0.39, 0.29) is 0 Å². The summed E-state index contributed by atoms with van der Waals surface area (Å²) in [6.45, 7) is 9.06. The van der Waals surface area contributed by atoms with Crippen LogP contribution in [0.4, 0.5) is 0 Å². The first-order valence-corrected chi connectivity index (χ1v) is 3.96. The molecule has 0 aliphatic heterocycles. The summed E-state index contributed by atoms with van der Waals surface area (Å²) in [5, 5.41) is 0. The molecule has 1 nitrogen and oxygen atoms in total. The SMILES string of the molecule is C=C\C=C/C(/C=C\N=C)=C/CC. The van der Waals surface area contributed by atoms with Crippen LogP contribution >= 0.6 is 0 Å². The zero-order valence-corrected chi connectivity index (χ0v) is 7.53. The predicted molar refractivity (Wildman–Crippen MR) is 56.4 cm³/mol. The van der Waals surface area contributed by atoms with Crippen molar-refractivity contribution < 1.29 is 0 Å². The van der Waals surface area contributed by atoms with Crippen LogP contribution in [0.25, 0.3) is 0 Å². The molecule has 0 aromatic rings. The van der Waals surface area contributed by atoms with E-state index in [9.17, 15) is 0 Å². The summed E-state index contributed by atoms with van der Waals surface area (Å²) in [6, 6.07) is 0. The number of rotatable bonds is 5. The zero-order chi connectivity index (χ0) is 9.23. The maximum Gasteiger partial charge on any atom is 0.0266 e. The molecule has 0 saturated carbocycles. The van der Waals surface area contributed by atoms with E-state index in [4.69, 9.17) is 0 Å². The predicted octanol–water partition coefficient (Wildman–Crippen LogP) is 3.28. The first-order chi connectivity index (χ1) is 5.85. The van der Waals surface area contributed by atoms with Gasteiger partial charge in [-0.25, -0.2) is 0 Å². The number of nitrogens with zero attached hydrogens (tertiary/aromatic N) is 1. The molecule has 0 spiro atoms.